The fourth-order valence-corrected chi connectivity index (χ4v) is 2.62. The average molecular weight is 312 g/mol. The molecule has 0 aromatic carbocycles. The number of carbonyl (C=O) groups is 2. The van der Waals surface area contributed by atoms with E-state index in [0.717, 1.165) is 12.8 Å². The second-order valence-electron chi connectivity index (χ2n) is 5.55. The fraction of sp³-hybridized carbons (Fsp3) is 0.750. The highest BCUT2D eigenvalue weighted by Gasteiger charge is 2.35. The standard InChI is InChI=1S/C16H28N2O4/c1-5-12(6-2)22-14-9-11(16(20)21-7-3)8-13(17)15(14)18-10(4)19/h9,12-15H,5-8,17H2,1-4H3,(H,18,19)/t13-,14-,15-/m1/s1. The number of hydrogen-bond acceptors (Lipinski definition) is 5. The Hall–Kier alpha value is -1.40. The van der Waals surface area contributed by atoms with Crippen molar-refractivity contribution in [2.45, 2.75) is 71.2 Å². The number of hydrogen-bond donors (Lipinski definition) is 2. The van der Waals surface area contributed by atoms with Crippen LogP contribution in [0.5, 0.6) is 0 Å². The summed E-state index contributed by atoms with van der Waals surface area (Å²) in [6.07, 6.45) is 3.48. The first-order valence-corrected chi connectivity index (χ1v) is 7.98. The summed E-state index contributed by atoms with van der Waals surface area (Å²) < 4.78 is 11.1. The third kappa shape index (κ3) is 5.10. The van der Waals surface area contributed by atoms with Crippen LogP contribution >= 0.6 is 0 Å². The van der Waals surface area contributed by atoms with E-state index in [1.54, 1.807) is 13.0 Å². The summed E-state index contributed by atoms with van der Waals surface area (Å²) in [5, 5.41) is 2.84. The molecule has 0 saturated carbocycles. The highest BCUT2D eigenvalue weighted by molar-refractivity contribution is 5.89. The van der Waals surface area contributed by atoms with E-state index in [1.165, 1.54) is 6.92 Å². The number of carbonyl (C=O) groups excluding carboxylic acids is 2. The summed E-state index contributed by atoms with van der Waals surface area (Å²) in [7, 11) is 0. The Morgan fingerprint density at radius 1 is 1.36 bits per heavy atom. The van der Waals surface area contributed by atoms with Crippen molar-refractivity contribution in [1.29, 1.82) is 0 Å². The number of nitrogens with two attached hydrogens (primary N) is 1. The van der Waals surface area contributed by atoms with Crippen LogP contribution < -0.4 is 11.1 Å². The zero-order valence-electron chi connectivity index (χ0n) is 13.9. The van der Waals surface area contributed by atoms with Gasteiger partial charge in [0, 0.05) is 18.5 Å². The predicted octanol–water partition coefficient (Wildman–Crippen LogP) is 1.29. The highest BCUT2D eigenvalue weighted by atomic mass is 16.5. The molecule has 126 valence electrons. The van der Waals surface area contributed by atoms with Crippen LogP contribution in [0.2, 0.25) is 0 Å². The zero-order chi connectivity index (χ0) is 16.7. The van der Waals surface area contributed by atoms with Crippen LogP contribution in [0.25, 0.3) is 0 Å². The van der Waals surface area contributed by atoms with Gasteiger partial charge in [-0.05, 0) is 32.3 Å². The first-order valence-electron chi connectivity index (χ1n) is 7.98. The van der Waals surface area contributed by atoms with E-state index < -0.39 is 6.10 Å². The van der Waals surface area contributed by atoms with Gasteiger partial charge in [-0.2, -0.15) is 0 Å². The van der Waals surface area contributed by atoms with Crippen LogP contribution in [-0.4, -0.2) is 42.8 Å². The molecule has 3 atom stereocenters. The quantitative estimate of drug-likeness (QED) is 0.691. The first kappa shape index (κ1) is 18.6. The van der Waals surface area contributed by atoms with Crippen LogP contribution in [0.3, 0.4) is 0 Å². The van der Waals surface area contributed by atoms with Gasteiger partial charge >= 0.3 is 5.97 Å². The number of amides is 1. The van der Waals surface area contributed by atoms with Crippen molar-refractivity contribution in [3.63, 3.8) is 0 Å². The van der Waals surface area contributed by atoms with Gasteiger partial charge in [0.05, 0.1) is 24.9 Å². The Balaban J connectivity index is 2.98. The van der Waals surface area contributed by atoms with Gasteiger partial charge in [-0.15, -0.1) is 0 Å². The molecular weight excluding hydrogens is 284 g/mol. The molecule has 1 aliphatic carbocycles. The Morgan fingerprint density at radius 2 is 2.00 bits per heavy atom. The lowest BCUT2D eigenvalue weighted by atomic mass is 9.88. The van der Waals surface area contributed by atoms with Gasteiger partial charge in [-0.3, -0.25) is 4.79 Å². The Kier molecular flexibility index (Phi) is 7.55. The van der Waals surface area contributed by atoms with Crippen LogP contribution in [0.4, 0.5) is 0 Å². The van der Waals surface area contributed by atoms with Crippen LogP contribution in [0, 0.1) is 0 Å². The lowest BCUT2D eigenvalue weighted by Gasteiger charge is -2.36. The van der Waals surface area contributed by atoms with Crippen molar-refractivity contribution in [2.75, 3.05) is 6.61 Å². The summed E-state index contributed by atoms with van der Waals surface area (Å²) in [4.78, 5) is 23.4. The summed E-state index contributed by atoms with van der Waals surface area (Å²) in [6, 6.07) is -0.719. The molecule has 0 bridgehead atoms. The Bertz CT molecular complexity index is 418. The fourth-order valence-electron chi connectivity index (χ4n) is 2.62. The number of ether oxygens (including phenoxy) is 2. The molecule has 6 heteroatoms. The maximum absolute atomic E-state index is 12.0. The molecule has 0 aromatic rings. The van der Waals surface area contributed by atoms with E-state index in [0.29, 0.717) is 18.6 Å². The third-order valence-electron chi connectivity index (χ3n) is 3.80. The van der Waals surface area contributed by atoms with Crippen molar-refractivity contribution in [3.8, 4) is 0 Å². The van der Waals surface area contributed by atoms with Crippen LogP contribution in [-0.2, 0) is 19.1 Å². The molecule has 0 radical (unpaired) electrons. The maximum atomic E-state index is 12.0. The Labute approximate surface area is 132 Å². The van der Waals surface area contributed by atoms with Gasteiger partial charge in [0.1, 0.15) is 0 Å². The summed E-state index contributed by atoms with van der Waals surface area (Å²) in [5.41, 5.74) is 6.68. The molecule has 0 spiro atoms. The topological polar surface area (TPSA) is 90.6 Å². The number of rotatable bonds is 7. The largest absolute Gasteiger partial charge is 0.463 e. The normalized spacial score (nSPS) is 24.8. The molecule has 0 unspecified atom stereocenters. The summed E-state index contributed by atoms with van der Waals surface area (Å²) >= 11 is 0. The van der Waals surface area contributed by atoms with Crippen molar-refractivity contribution >= 4 is 11.9 Å². The second-order valence-corrected chi connectivity index (χ2v) is 5.55. The molecule has 0 saturated heterocycles. The van der Waals surface area contributed by atoms with Crippen LogP contribution in [0.15, 0.2) is 11.6 Å². The lowest BCUT2D eigenvalue weighted by molar-refractivity contribution is -0.139. The van der Waals surface area contributed by atoms with Crippen LogP contribution in [0.1, 0.15) is 47.0 Å². The molecule has 0 heterocycles. The van der Waals surface area contributed by atoms with Gasteiger partial charge in [-0.1, -0.05) is 13.8 Å². The highest BCUT2D eigenvalue weighted by Crippen LogP contribution is 2.24. The lowest BCUT2D eigenvalue weighted by Crippen LogP contribution is -2.57. The van der Waals surface area contributed by atoms with E-state index in [-0.39, 0.29) is 30.1 Å². The van der Waals surface area contributed by atoms with Gasteiger partial charge in [0.15, 0.2) is 0 Å². The molecule has 22 heavy (non-hydrogen) atoms. The molecule has 6 nitrogen and oxygen atoms in total. The SMILES string of the molecule is CCOC(=O)C1=C[C@@H](OC(CC)CC)[C@H](NC(C)=O)[C@H](N)C1. The van der Waals surface area contributed by atoms with Crippen molar-refractivity contribution in [1.82, 2.24) is 5.32 Å². The minimum Gasteiger partial charge on any atom is -0.463 e. The second kappa shape index (κ2) is 8.90. The van der Waals surface area contributed by atoms with Crippen molar-refractivity contribution in [3.05, 3.63) is 11.6 Å². The predicted molar refractivity (Wildman–Crippen MR) is 84.2 cm³/mol. The van der Waals surface area contributed by atoms with E-state index in [9.17, 15) is 9.59 Å². The van der Waals surface area contributed by atoms with Crippen molar-refractivity contribution in [2.24, 2.45) is 5.73 Å². The maximum Gasteiger partial charge on any atom is 0.333 e. The van der Waals surface area contributed by atoms with E-state index in [2.05, 4.69) is 5.32 Å². The molecular formula is C16H28N2O4. The molecule has 0 fully saturated rings. The van der Waals surface area contributed by atoms with Gasteiger partial charge in [0.2, 0.25) is 5.91 Å². The number of nitrogens with one attached hydrogen (secondary N) is 1. The molecule has 1 amide bonds. The average Bonchev–Trinajstić information content (AvgIpc) is 2.47. The smallest absolute Gasteiger partial charge is 0.333 e. The summed E-state index contributed by atoms with van der Waals surface area (Å²) in [6.45, 7) is 7.62. The van der Waals surface area contributed by atoms with E-state index in [4.69, 9.17) is 15.2 Å². The van der Waals surface area contributed by atoms with Gasteiger partial charge in [0.25, 0.3) is 0 Å². The minimum absolute atomic E-state index is 0.0613. The van der Waals surface area contributed by atoms with E-state index >= 15 is 0 Å². The molecule has 1 rings (SSSR count). The van der Waals surface area contributed by atoms with E-state index in [1.807, 2.05) is 13.8 Å². The zero-order valence-corrected chi connectivity index (χ0v) is 13.9. The van der Waals surface area contributed by atoms with Gasteiger partial charge < -0.3 is 20.5 Å². The molecule has 0 aromatic heterocycles. The Morgan fingerprint density at radius 3 is 2.50 bits per heavy atom. The monoisotopic (exact) mass is 312 g/mol. The minimum atomic E-state index is -0.419. The number of esters is 1. The van der Waals surface area contributed by atoms with Crippen molar-refractivity contribution < 1.29 is 19.1 Å². The third-order valence-corrected chi connectivity index (χ3v) is 3.80. The summed E-state index contributed by atoms with van der Waals surface area (Å²) in [5.74, 6) is -0.524. The first-order chi connectivity index (χ1) is 10.4. The van der Waals surface area contributed by atoms with Gasteiger partial charge in [-0.25, -0.2) is 4.79 Å². The molecule has 3 N–H and O–H groups in total. The molecule has 1 aliphatic rings. The molecule has 0 aliphatic heterocycles.